The van der Waals surface area contributed by atoms with E-state index in [1.807, 2.05) is 0 Å². The Balaban J connectivity index is 2.28. The van der Waals surface area contributed by atoms with E-state index in [2.05, 4.69) is 0 Å². The largest absolute Gasteiger partial charge is 0.478 e. The topological polar surface area (TPSA) is 54.4 Å². The number of halogens is 2. The molecule has 0 fully saturated rings. The van der Waals surface area contributed by atoms with Crippen molar-refractivity contribution in [1.29, 1.82) is 0 Å². The molecule has 0 amide bonds. The lowest BCUT2D eigenvalue weighted by Crippen LogP contribution is -2.02. The van der Waals surface area contributed by atoms with Gasteiger partial charge in [0.25, 0.3) is 0 Å². The van der Waals surface area contributed by atoms with Crippen molar-refractivity contribution in [1.82, 2.24) is 0 Å². The molecule has 2 aromatic rings. The summed E-state index contributed by atoms with van der Waals surface area (Å²) in [6.45, 7) is 0. The van der Waals surface area contributed by atoms with Crippen LogP contribution in [0, 0.1) is 5.82 Å². The normalized spacial score (nSPS) is 12.1. The molecule has 6 heteroatoms. The second-order valence-electron chi connectivity index (χ2n) is 4.03. The first-order chi connectivity index (χ1) is 9.49. The van der Waals surface area contributed by atoms with Gasteiger partial charge in [-0.1, -0.05) is 29.8 Å². The molecule has 0 saturated carbocycles. The molecule has 0 spiro atoms. The van der Waals surface area contributed by atoms with E-state index >= 15 is 0 Å². The van der Waals surface area contributed by atoms with Crippen molar-refractivity contribution < 1.29 is 18.5 Å². The van der Waals surface area contributed by atoms with Crippen molar-refractivity contribution in [2.75, 3.05) is 0 Å². The molecule has 0 heterocycles. The summed E-state index contributed by atoms with van der Waals surface area (Å²) in [5, 5.41) is 9.04. The zero-order chi connectivity index (χ0) is 14.7. The van der Waals surface area contributed by atoms with Gasteiger partial charge in [-0.25, -0.2) is 9.18 Å². The summed E-state index contributed by atoms with van der Waals surface area (Å²) in [6.07, 6.45) is 0. The predicted octanol–water partition coefficient (Wildman–Crippen LogP) is 3.49. The van der Waals surface area contributed by atoms with Gasteiger partial charge in [0, 0.05) is 10.5 Å². The van der Waals surface area contributed by atoms with E-state index in [1.165, 1.54) is 24.3 Å². The van der Waals surface area contributed by atoms with Gasteiger partial charge in [0.15, 0.2) is 0 Å². The highest BCUT2D eigenvalue weighted by Crippen LogP contribution is 2.21. The third-order valence-electron chi connectivity index (χ3n) is 2.68. The average Bonchev–Trinajstić information content (AvgIpc) is 2.41. The molecule has 104 valence electrons. The first-order valence-corrected chi connectivity index (χ1v) is 7.33. The summed E-state index contributed by atoms with van der Waals surface area (Å²) in [5.74, 6) is -1.65. The zero-order valence-corrected chi connectivity index (χ0v) is 11.7. The molecular weight excluding hydrogens is 303 g/mol. The van der Waals surface area contributed by atoms with Crippen molar-refractivity contribution in [2.45, 2.75) is 10.6 Å². The third kappa shape index (κ3) is 3.23. The molecule has 1 N–H and O–H groups in total. The Morgan fingerprint density at radius 1 is 1.25 bits per heavy atom. The highest BCUT2D eigenvalue weighted by Gasteiger charge is 2.14. The lowest BCUT2D eigenvalue weighted by Gasteiger charge is -2.06. The van der Waals surface area contributed by atoms with Crippen molar-refractivity contribution in [3.8, 4) is 0 Å². The Morgan fingerprint density at radius 2 is 1.95 bits per heavy atom. The van der Waals surface area contributed by atoms with Gasteiger partial charge in [0.2, 0.25) is 0 Å². The quantitative estimate of drug-likeness (QED) is 0.940. The number of carbonyl (C=O) groups is 1. The predicted molar refractivity (Wildman–Crippen MR) is 74.9 cm³/mol. The summed E-state index contributed by atoms with van der Waals surface area (Å²) in [7, 11) is -1.54. The van der Waals surface area contributed by atoms with Crippen molar-refractivity contribution >= 4 is 28.4 Å². The summed E-state index contributed by atoms with van der Waals surface area (Å²) in [5.41, 5.74) is 0.198. The summed E-state index contributed by atoms with van der Waals surface area (Å²) in [6, 6.07) is 10.1. The number of benzene rings is 2. The molecule has 0 bridgehead atoms. The second-order valence-corrected chi connectivity index (χ2v) is 5.89. The van der Waals surface area contributed by atoms with Gasteiger partial charge < -0.3 is 5.11 Å². The van der Waals surface area contributed by atoms with E-state index < -0.39 is 22.6 Å². The number of rotatable bonds is 4. The molecule has 0 aromatic heterocycles. The monoisotopic (exact) mass is 312 g/mol. The molecule has 0 saturated heterocycles. The maximum atomic E-state index is 13.5. The Labute approximate surface area is 122 Å². The highest BCUT2D eigenvalue weighted by molar-refractivity contribution is 7.84. The Hall–Kier alpha value is -1.72. The Kier molecular flexibility index (Phi) is 4.52. The van der Waals surface area contributed by atoms with Crippen LogP contribution in [-0.4, -0.2) is 15.3 Å². The summed E-state index contributed by atoms with van der Waals surface area (Å²) < 4.78 is 25.6. The fourth-order valence-electron chi connectivity index (χ4n) is 1.65. The van der Waals surface area contributed by atoms with Gasteiger partial charge in [-0.05, 0) is 24.3 Å². The molecule has 2 aromatic carbocycles. The van der Waals surface area contributed by atoms with Crippen LogP contribution in [0.4, 0.5) is 4.39 Å². The Bertz CT molecular complexity index is 688. The van der Waals surface area contributed by atoms with Crippen molar-refractivity contribution in [2.24, 2.45) is 0 Å². The first kappa shape index (κ1) is 14.7. The van der Waals surface area contributed by atoms with E-state index in [4.69, 9.17) is 16.7 Å². The third-order valence-corrected chi connectivity index (χ3v) is 4.36. The van der Waals surface area contributed by atoms with Crippen LogP contribution in [0.1, 0.15) is 15.9 Å². The minimum atomic E-state index is -1.54. The average molecular weight is 313 g/mol. The molecular formula is C14H10ClFO3S. The molecule has 0 radical (unpaired) electrons. The first-order valence-electron chi connectivity index (χ1n) is 5.63. The van der Waals surface area contributed by atoms with Crippen molar-refractivity contribution in [3.05, 3.63) is 64.4 Å². The Morgan fingerprint density at radius 3 is 2.60 bits per heavy atom. The van der Waals surface area contributed by atoms with Crippen molar-refractivity contribution in [3.63, 3.8) is 0 Å². The molecule has 0 aliphatic heterocycles. The minimum absolute atomic E-state index is 0.0205. The SMILES string of the molecule is O=C(O)c1cc(S(=O)Cc2ccccc2F)ccc1Cl. The highest BCUT2D eigenvalue weighted by atomic mass is 35.5. The van der Waals surface area contributed by atoms with Crippen LogP contribution < -0.4 is 0 Å². The molecule has 0 aliphatic rings. The smallest absolute Gasteiger partial charge is 0.337 e. The lowest BCUT2D eigenvalue weighted by molar-refractivity contribution is 0.0697. The molecule has 3 nitrogen and oxygen atoms in total. The molecule has 1 unspecified atom stereocenters. The van der Waals surface area contributed by atoms with Gasteiger partial charge in [-0.2, -0.15) is 0 Å². The molecule has 20 heavy (non-hydrogen) atoms. The van der Waals surface area contributed by atoms with Crippen LogP contribution >= 0.6 is 11.6 Å². The minimum Gasteiger partial charge on any atom is -0.478 e. The fraction of sp³-hybridized carbons (Fsp3) is 0.0714. The number of carboxylic acid groups (broad SMARTS) is 1. The zero-order valence-electron chi connectivity index (χ0n) is 10.2. The number of hydrogen-bond acceptors (Lipinski definition) is 2. The van der Waals surface area contributed by atoms with Crippen LogP contribution in [-0.2, 0) is 16.6 Å². The number of carboxylic acids is 1. The van der Waals surface area contributed by atoms with E-state index in [-0.39, 0.29) is 16.3 Å². The second kappa shape index (κ2) is 6.15. The van der Waals surface area contributed by atoms with Crippen LogP contribution in [0.5, 0.6) is 0 Å². The van der Waals surface area contributed by atoms with Crippen LogP contribution in [0.25, 0.3) is 0 Å². The van der Waals surface area contributed by atoms with E-state index in [0.29, 0.717) is 10.5 Å². The number of hydrogen-bond donors (Lipinski definition) is 1. The molecule has 0 aliphatic carbocycles. The summed E-state index contributed by atoms with van der Waals surface area (Å²) in [4.78, 5) is 11.3. The van der Waals surface area contributed by atoms with Gasteiger partial charge in [-0.15, -0.1) is 0 Å². The van der Waals surface area contributed by atoms with Gasteiger partial charge >= 0.3 is 5.97 Å². The van der Waals surface area contributed by atoms with E-state index in [9.17, 15) is 13.4 Å². The summed E-state index contributed by atoms with van der Waals surface area (Å²) >= 11 is 5.74. The maximum Gasteiger partial charge on any atom is 0.337 e. The number of aromatic carboxylic acids is 1. The molecule has 1 atom stereocenters. The van der Waals surface area contributed by atoms with Gasteiger partial charge in [-0.3, -0.25) is 4.21 Å². The van der Waals surface area contributed by atoms with Gasteiger partial charge in [0.05, 0.1) is 27.1 Å². The van der Waals surface area contributed by atoms with Crippen LogP contribution in [0.15, 0.2) is 47.4 Å². The molecule has 2 rings (SSSR count). The maximum absolute atomic E-state index is 13.5. The van der Waals surface area contributed by atoms with Crippen LogP contribution in [0.2, 0.25) is 5.02 Å². The fourth-order valence-corrected chi connectivity index (χ4v) is 3.00. The van der Waals surface area contributed by atoms with Crippen LogP contribution in [0.3, 0.4) is 0 Å². The standard InChI is InChI=1S/C14H10ClFO3S/c15-12-6-5-10(7-11(12)14(17)18)20(19)8-9-3-1-2-4-13(9)16/h1-7H,8H2,(H,17,18). The van der Waals surface area contributed by atoms with E-state index in [0.717, 1.165) is 0 Å². The lowest BCUT2D eigenvalue weighted by atomic mass is 10.2. The van der Waals surface area contributed by atoms with Gasteiger partial charge in [0.1, 0.15) is 5.82 Å². The van der Waals surface area contributed by atoms with E-state index in [1.54, 1.807) is 18.2 Å².